The lowest BCUT2D eigenvalue weighted by atomic mass is 9.80. The van der Waals surface area contributed by atoms with Gasteiger partial charge in [-0.25, -0.2) is 0 Å². The van der Waals surface area contributed by atoms with Crippen LogP contribution in [-0.2, 0) is 0 Å². The third kappa shape index (κ3) is 3.99. The van der Waals surface area contributed by atoms with Crippen molar-refractivity contribution < 1.29 is 9.21 Å². The van der Waals surface area contributed by atoms with Gasteiger partial charge in [-0.05, 0) is 55.0 Å². The molecule has 1 aliphatic carbocycles. The van der Waals surface area contributed by atoms with Gasteiger partial charge in [-0.1, -0.05) is 19.3 Å². The van der Waals surface area contributed by atoms with E-state index < -0.39 is 0 Å². The Morgan fingerprint density at radius 3 is 2.50 bits per heavy atom. The summed E-state index contributed by atoms with van der Waals surface area (Å²) in [6.07, 6.45) is 6.06. The summed E-state index contributed by atoms with van der Waals surface area (Å²) >= 11 is 3.21. The zero-order valence-electron chi connectivity index (χ0n) is 11.9. The maximum atomic E-state index is 12.0. The quantitative estimate of drug-likeness (QED) is 0.889. The van der Waals surface area contributed by atoms with Crippen molar-refractivity contribution in [1.29, 1.82) is 0 Å². The van der Waals surface area contributed by atoms with Crippen molar-refractivity contribution in [2.75, 3.05) is 20.6 Å². The summed E-state index contributed by atoms with van der Waals surface area (Å²) in [5, 5.41) is 3.01. The van der Waals surface area contributed by atoms with Gasteiger partial charge in [0, 0.05) is 12.1 Å². The number of carbonyl (C=O) groups excluding carboxylic acids is 1. The second kappa shape index (κ2) is 7.48. The second-order valence-electron chi connectivity index (χ2n) is 5.47. The first-order valence-electron chi connectivity index (χ1n) is 6.74. The molecule has 0 atom stereocenters. The van der Waals surface area contributed by atoms with Gasteiger partial charge in [-0.3, -0.25) is 4.79 Å². The minimum Gasteiger partial charge on any atom is -0.444 e. The molecule has 0 unspecified atom stereocenters. The number of carbonyl (C=O) groups is 1. The van der Waals surface area contributed by atoms with Crippen LogP contribution in [0.15, 0.2) is 21.2 Å². The number of amides is 1. The summed E-state index contributed by atoms with van der Waals surface area (Å²) in [5.74, 6) is 0.217. The third-order valence-corrected chi connectivity index (χ3v) is 4.53. The topological polar surface area (TPSA) is 45.5 Å². The van der Waals surface area contributed by atoms with Crippen LogP contribution in [0.3, 0.4) is 0 Å². The molecule has 1 N–H and O–H groups in total. The van der Waals surface area contributed by atoms with Crippen molar-refractivity contribution >= 4 is 34.2 Å². The van der Waals surface area contributed by atoms with E-state index in [-0.39, 0.29) is 23.9 Å². The smallest absolute Gasteiger partial charge is 0.287 e. The Hall–Kier alpha value is -0.520. The van der Waals surface area contributed by atoms with E-state index in [0.29, 0.717) is 17.0 Å². The molecule has 2 rings (SSSR count). The molecule has 4 nitrogen and oxygen atoms in total. The molecule has 20 heavy (non-hydrogen) atoms. The van der Waals surface area contributed by atoms with Crippen LogP contribution >= 0.6 is 28.3 Å². The van der Waals surface area contributed by atoms with Crippen LogP contribution in [0.5, 0.6) is 0 Å². The van der Waals surface area contributed by atoms with Crippen LogP contribution in [-0.4, -0.2) is 37.0 Å². The van der Waals surface area contributed by atoms with E-state index in [1.165, 1.54) is 19.3 Å². The van der Waals surface area contributed by atoms with E-state index in [0.717, 1.165) is 12.8 Å². The molecule has 1 amide bonds. The maximum Gasteiger partial charge on any atom is 0.287 e. The van der Waals surface area contributed by atoms with E-state index in [4.69, 9.17) is 4.42 Å². The molecule has 0 spiro atoms. The fourth-order valence-corrected chi connectivity index (χ4v) is 3.07. The van der Waals surface area contributed by atoms with E-state index in [2.05, 4.69) is 40.2 Å². The Morgan fingerprint density at radius 2 is 2.00 bits per heavy atom. The molecule has 0 bridgehead atoms. The van der Waals surface area contributed by atoms with Crippen LogP contribution in [0, 0.1) is 0 Å². The minimum absolute atomic E-state index is 0. The van der Waals surface area contributed by atoms with Crippen LogP contribution in [0.25, 0.3) is 0 Å². The van der Waals surface area contributed by atoms with Crippen LogP contribution in [0.4, 0.5) is 0 Å². The first kappa shape index (κ1) is 17.5. The minimum atomic E-state index is -0.141. The molecule has 1 aliphatic rings. The van der Waals surface area contributed by atoms with Gasteiger partial charge in [0.25, 0.3) is 5.91 Å². The summed E-state index contributed by atoms with van der Waals surface area (Å²) in [5.41, 5.74) is 0.0950. The Morgan fingerprint density at radius 1 is 1.35 bits per heavy atom. The van der Waals surface area contributed by atoms with E-state index in [9.17, 15) is 4.79 Å². The summed E-state index contributed by atoms with van der Waals surface area (Å²) < 4.78 is 5.85. The van der Waals surface area contributed by atoms with Crippen molar-refractivity contribution in [1.82, 2.24) is 10.2 Å². The number of hydrogen-bond donors (Lipinski definition) is 1. The van der Waals surface area contributed by atoms with Crippen molar-refractivity contribution in [3.8, 4) is 0 Å². The number of likely N-dealkylation sites (N-methyl/N-ethyl adjacent to an activating group) is 1. The molecule has 1 aromatic heterocycles. The van der Waals surface area contributed by atoms with Crippen LogP contribution < -0.4 is 5.32 Å². The standard InChI is InChI=1S/C14H21BrN2O2.ClH/c1-17(2)14(8-4-3-5-9-14)10-16-13(18)11-6-7-12(15)19-11;/h6-7H,3-5,8-10H2,1-2H3,(H,16,18);1H. The number of halogens is 2. The molecule has 0 aromatic carbocycles. The van der Waals surface area contributed by atoms with E-state index >= 15 is 0 Å². The highest BCUT2D eigenvalue weighted by Gasteiger charge is 2.34. The molecule has 6 heteroatoms. The van der Waals surface area contributed by atoms with Gasteiger partial charge < -0.3 is 14.6 Å². The van der Waals surface area contributed by atoms with Gasteiger partial charge in [-0.2, -0.15) is 0 Å². The first-order valence-corrected chi connectivity index (χ1v) is 7.54. The summed E-state index contributed by atoms with van der Waals surface area (Å²) in [6.45, 7) is 0.678. The Kier molecular flexibility index (Phi) is 6.55. The number of furan rings is 1. The van der Waals surface area contributed by atoms with Crippen LogP contribution in [0.2, 0.25) is 0 Å². The Bertz CT molecular complexity index is 442. The highest BCUT2D eigenvalue weighted by molar-refractivity contribution is 9.10. The van der Waals surface area contributed by atoms with Crippen molar-refractivity contribution in [3.63, 3.8) is 0 Å². The molecule has 1 fully saturated rings. The van der Waals surface area contributed by atoms with Gasteiger partial charge in [0.05, 0.1) is 0 Å². The molecule has 1 saturated carbocycles. The highest BCUT2D eigenvalue weighted by Crippen LogP contribution is 2.31. The van der Waals surface area contributed by atoms with Gasteiger partial charge in [0.2, 0.25) is 0 Å². The molecule has 114 valence electrons. The lowest BCUT2D eigenvalue weighted by Gasteiger charge is -2.43. The van der Waals surface area contributed by atoms with Gasteiger partial charge >= 0.3 is 0 Å². The van der Waals surface area contributed by atoms with E-state index in [1.54, 1.807) is 12.1 Å². The number of nitrogens with one attached hydrogen (secondary N) is 1. The van der Waals surface area contributed by atoms with Gasteiger partial charge in [-0.15, -0.1) is 12.4 Å². The fourth-order valence-electron chi connectivity index (χ4n) is 2.76. The third-order valence-electron chi connectivity index (χ3n) is 4.11. The zero-order chi connectivity index (χ0) is 13.9. The number of hydrogen-bond acceptors (Lipinski definition) is 3. The second-order valence-corrected chi connectivity index (χ2v) is 6.25. The summed E-state index contributed by atoms with van der Waals surface area (Å²) in [6, 6.07) is 3.42. The summed E-state index contributed by atoms with van der Waals surface area (Å²) in [4.78, 5) is 14.3. The molecular weight excluding hydrogens is 344 g/mol. The largest absolute Gasteiger partial charge is 0.444 e. The molecule has 0 radical (unpaired) electrons. The molecule has 0 aliphatic heterocycles. The van der Waals surface area contributed by atoms with Gasteiger partial charge in [0.1, 0.15) is 0 Å². The molecule has 1 aromatic rings. The van der Waals surface area contributed by atoms with Crippen LogP contribution in [0.1, 0.15) is 42.7 Å². The Balaban J connectivity index is 0.00000200. The van der Waals surface area contributed by atoms with Crippen molar-refractivity contribution in [2.24, 2.45) is 0 Å². The molecular formula is C14H22BrClN2O2. The number of nitrogens with zero attached hydrogens (tertiary/aromatic N) is 1. The normalized spacial score (nSPS) is 17.6. The number of rotatable bonds is 4. The lowest BCUT2D eigenvalue weighted by Crippen LogP contribution is -2.53. The van der Waals surface area contributed by atoms with E-state index in [1.807, 2.05) is 0 Å². The first-order chi connectivity index (χ1) is 9.03. The van der Waals surface area contributed by atoms with Crippen molar-refractivity contribution in [3.05, 3.63) is 22.6 Å². The highest BCUT2D eigenvalue weighted by atomic mass is 79.9. The average molecular weight is 366 g/mol. The molecule has 1 heterocycles. The summed E-state index contributed by atoms with van der Waals surface area (Å²) in [7, 11) is 4.20. The Labute approximate surface area is 134 Å². The predicted octanol–water partition coefficient (Wildman–Crippen LogP) is 3.46. The average Bonchev–Trinajstić information content (AvgIpc) is 2.83. The lowest BCUT2D eigenvalue weighted by molar-refractivity contribution is 0.0779. The van der Waals surface area contributed by atoms with Crippen molar-refractivity contribution in [2.45, 2.75) is 37.6 Å². The zero-order valence-corrected chi connectivity index (χ0v) is 14.3. The SMILES string of the molecule is CN(C)C1(CNC(=O)c2ccc(Br)o2)CCCCC1.Cl. The maximum absolute atomic E-state index is 12.0. The monoisotopic (exact) mass is 364 g/mol. The molecule has 0 saturated heterocycles. The predicted molar refractivity (Wildman–Crippen MR) is 85.5 cm³/mol. The van der Waals surface area contributed by atoms with Gasteiger partial charge in [0.15, 0.2) is 10.4 Å². The fraction of sp³-hybridized carbons (Fsp3) is 0.643.